The molecule has 1 amide bonds. The van der Waals surface area contributed by atoms with Crippen LogP contribution in [0, 0.1) is 11.6 Å². The fourth-order valence-electron chi connectivity index (χ4n) is 8.30. The molecule has 4 heterocycles. The number of amides is 1. The summed E-state index contributed by atoms with van der Waals surface area (Å²) in [6.45, 7) is 1.36. The normalized spacial score (nSPS) is 12.5. The quantitative estimate of drug-likeness (QED) is 0.117. The number of para-hydroxylation sites is 1. The van der Waals surface area contributed by atoms with E-state index >= 15 is 0 Å². The minimum Gasteiger partial charge on any atom is -0.348 e. The van der Waals surface area contributed by atoms with E-state index in [0.717, 1.165) is 29.0 Å². The number of fused-ring (bicyclic) bond motifs is 2. The zero-order chi connectivity index (χ0) is 43.2. The third kappa shape index (κ3) is 7.60. The fraction of sp³-hybridized carbons (Fsp3) is 0.128. The predicted octanol–water partition coefficient (Wildman–Crippen LogP) is 9.02. The number of thiazole rings is 1. The lowest BCUT2D eigenvalue weighted by atomic mass is 9.77. The number of benzene rings is 5. The van der Waals surface area contributed by atoms with Gasteiger partial charge in [0.1, 0.15) is 27.9 Å². The second-order valence-corrected chi connectivity index (χ2v) is 17.8. The Kier molecular flexibility index (Phi) is 10.4. The molecule has 4 aromatic heterocycles. The van der Waals surface area contributed by atoms with Gasteiger partial charge in [0.2, 0.25) is 15.9 Å². The average molecular weight is 865 g/mol. The number of halogens is 2. The maximum atomic E-state index is 14.5. The minimum absolute atomic E-state index is 0.00997. The predicted molar refractivity (Wildman–Crippen MR) is 238 cm³/mol. The van der Waals surface area contributed by atoms with E-state index in [1.54, 1.807) is 23.9 Å². The molecule has 0 saturated heterocycles. The van der Waals surface area contributed by atoms with Gasteiger partial charge >= 0.3 is 0 Å². The molecule has 0 aliphatic rings. The first-order chi connectivity index (χ1) is 29.9. The molecule has 9 rings (SSSR count). The van der Waals surface area contributed by atoms with Gasteiger partial charge < -0.3 is 9.88 Å². The molecule has 0 saturated carbocycles. The summed E-state index contributed by atoms with van der Waals surface area (Å²) < 4.78 is 60.6. The van der Waals surface area contributed by atoms with E-state index < -0.39 is 33.2 Å². The number of pyridine rings is 1. The number of sulfonamides is 1. The van der Waals surface area contributed by atoms with Gasteiger partial charge in [-0.2, -0.15) is 5.10 Å². The number of aromatic nitrogens is 6. The number of carbonyl (C=O) groups excluding carboxylic acids is 1. The van der Waals surface area contributed by atoms with E-state index in [1.807, 2.05) is 79.3 Å². The van der Waals surface area contributed by atoms with Gasteiger partial charge in [0, 0.05) is 42.7 Å². The maximum Gasteiger partial charge on any atom is 0.231 e. The Labute approximate surface area is 359 Å². The molecular weight excluding hydrogens is 827 g/mol. The van der Waals surface area contributed by atoms with Crippen molar-refractivity contribution in [2.24, 2.45) is 7.05 Å². The molecule has 9 aromatic rings. The molecule has 5 aromatic carbocycles. The Morgan fingerprint density at radius 1 is 0.806 bits per heavy atom. The van der Waals surface area contributed by atoms with Gasteiger partial charge in [0.15, 0.2) is 11.5 Å². The van der Waals surface area contributed by atoms with Crippen molar-refractivity contribution in [3.63, 3.8) is 0 Å². The first-order valence-electron chi connectivity index (χ1n) is 19.6. The van der Waals surface area contributed by atoms with Crippen LogP contribution in [-0.2, 0) is 33.8 Å². The Bertz CT molecular complexity index is 3110. The number of hydrogen-bond donors (Lipinski definition) is 2. The largest absolute Gasteiger partial charge is 0.348 e. The summed E-state index contributed by atoms with van der Waals surface area (Å²) in [5, 5.41) is 8.57. The molecule has 0 aliphatic heterocycles. The van der Waals surface area contributed by atoms with Crippen molar-refractivity contribution in [2.45, 2.75) is 24.9 Å². The molecule has 15 heteroatoms. The summed E-state index contributed by atoms with van der Waals surface area (Å²) >= 11 is 1.39. The van der Waals surface area contributed by atoms with E-state index in [-0.39, 0.29) is 18.1 Å². The van der Waals surface area contributed by atoms with E-state index in [9.17, 15) is 22.0 Å². The third-order valence-corrected chi connectivity index (χ3v) is 12.3. The van der Waals surface area contributed by atoms with Gasteiger partial charge in [-0.3, -0.25) is 14.2 Å². The Morgan fingerprint density at radius 2 is 1.42 bits per heavy atom. The van der Waals surface area contributed by atoms with Crippen molar-refractivity contribution in [1.29, 1.82) is 0 Å². The molecule has 0 fully saturated rings. The highest BCUT2D eigenvalue weighted by atomic mass is 32.2. The molecule has 62 heavy (non-hydrogen) atoms. The zero-order valence-corrected chi connectivity index (χ0v) is 35.3. The number of nitrogens with zero attached hydrogens (tertiary/aromatic N) is 6. The highest BCUT2D eigenvalue weighted by molar-refractivity contribution is 7.92. The van der Waals surface area contributed by atoms with Crippen LogP contribution in [0.5, 0.6) is 0 Å². The van der Waals surface area contributed by atoms with Gasteiger partial charge in [0.05, 0.1) is 34.5 Å². The number of carbonyl (C=O) groups is 1. The van der Waals surface area contributed by atoms with Gasteiger partial charge in [-0.05, 0) is 52.9 Å². The Morgan fingerprint density at radius 3 is 2.00 bits per heavy atom. The minimum atomic E-state index is -3.68. The number of anilines is 1. The van der Waals surface area contributed by atoms with Crippen LogP contribution < -0.4 is 10.0 Å². The smallest absolute Gasteiger partial charge is 0.231 e. The molecule has 1 atom stereocenters. The van der Waals surface area contributed by atoms with Gasteiger partial charge in [-0.25, -0.2) is 32.2 Å². The summed E-state index contributed by atoms with van der Waals surface area (Å²) in [4.78, 5) is 27.9. The van der Waals surface area contributed by atoms with Crippen LogP contribution in [0.2, 0.25) is 0 Å². The van der Waals surface area contributed by atoms with Gasteiger partial charge in [-0.1, -0.05) is 103 Å². The first-order valence-corrected chi connectivity index (χ1v) is 22.3. The van der Waals surface area contributed by atoms with Crippen molar-refractivity contribution in [2.75, 3.05) is 11.0 Å². The number of aryl methyl sites for hydroxylation is 1. The fourth-order valence-corrected chi connectivity index (χ4v) is 9.71. The van der Waals surface area contributed by atoms with Gasteiger partial charge in [-0.15, -0.1) is 11.3 Å². The number of imidazole rings is 1. The highest BCUT2D eigenvalue weighted by Gasteiger charge is 2.38. The first kappa shape index (κ1) is 40.3. The van der Waals surface area contributed by atoms with Crippen molar-refractivity contribution in [3.05, 3.63) is 186 Å². The number of nitrogens with one attached hydrogen (secondary N) is 2. The third-order valence-electron chi connectivity index (χ3n) is 10.7. The summed E-state index contributed by atoms with van der Waals surface area (Å²) in [5.74, 6) is -1.75. The van der Waals surface area contributed by atoms with Crippen LogP contribution in [0.1, 0.15) is 40.9 Å². The second-order valence-electron chi connectivity index (χ2n) is 15.0. The molecule has 0 unspecified atom stereocenters. The lowest BCUT2D eigenvalue weighted by Gasteiger charge is -2.37. The molecule has 0 spiro atoms. The summed E-state index contributed by atoms with van der Waals surface area (Å²) in [5.41, 5.74) is 5.72. The van der Waals surface area contributed by atoms with Crippen LogP contribution in [0.25, 0.3) is 43.1 Å². The molecule has 0 bridgehead atoms. The van der Waals surface area contributed by atoms with E-state index in [1.165, 1.54) is 30.4 Å². The molecule has 0 radical (unpaired) electrons. The van der Waals surface area contributed by atoms with Crippen molar-refractivity contribution in [1.82, 2.24) is 34.6 Å². The molecule has 11 nitrogen and oxygen atoms in total. The number of hydrogen-bond acceptors (Lipinski definition) is 8. The molecular formula is C47H38F2N8O3S2. The zero-order valence-electron chi connectivity index (χ0n) is 33.6. The SMILES string of the molecule is CC(=O)N[C@@H](Cc1cc(F)cc(F)c1)c1nc2nc(-c3cn(C(c4ccccc4)(c4ccccc4)c4ccccc4)cn3)sc2cc1-c1cccc2c(NS(C)(=O)=O)nn(C)c12. The van der Waals surface area contributed by atoms with Crippen LogP contribution >= 0.6 is 11.3 Å². The Hall–Kier alpha value is -7.10. The van der Waals surface area contributed by atoms with Crippen LogP contribution in [0.4, 0.5) is 14.6 Å². The van der Waals surface area contributed by atoms with E-state index in [4.69, 9.17) is 15.0 Å². The van der Waals surface area contributed by atoms with Crippen molar-refractivity contribution >= 4 is 54.3 Å². The van der Waals surface area contributed by atoms with Gasteiger partial charge in [0.25, 0.3) is 0 Å². The van der Waals surface area contributed by atoms with Crippen molar-refractivity contribution in [3.8, 4) is 21.8 Å². The number of rotatable bonds is 12. The van der Waals surface area contributed by atoms with E-state index in [2.05, 4.69) is 56.1 Å². The lowest BCUT2D eigenvalue weighted by Crippen LogP contribution is -2.36. The summed E-state index contributed by atoms with van der Waals surface area (Å²) in [6, 6.07) is 40.4. The topological polar surface area (TPSA) is 137 Å². The second kappa shape index (κ2) is 16.1. The highest BCUT2D eigenvalue weighted by Crippen LogP contribution is 2.43. The van der Waals surface area contributed by atoms with Crippen LogP contribution in [0.3, 0.4) is 0 Å². The molecule has 0 aliphatic carbocycles. The van der Waals surface area contributed by atoms with Crippen molar-refractivity contribution < 1.29 is 22.0 Å². The summed E-state index contributed by atoms with van der Waals surface area (Å²) in [7, 11) is -1.98. The molecule has 2 N–H and O–H groups in total. The van der Waals surface area contributed by atoms with E-state index in [0.29, 0.717) is 54.3 Å². The van der Waals surface area contributed by atoms with Crippen LogP contribution in [0.15, 0.2) is 146 Å². The van der Waals surface area contributed by atoms with Crippen LogP contribution in [-0.4, -0.2) is 49.9 Å². The maximum absolute atomic E-state index is 14.5. The molecule has 310 valence electrons. The standard InChI is InChI=1S/C47H38F2N8O3S2/c1-29(58)51-39(24-30-22-34(48)25-35(49)23-30)42-38(36-20-13-21-37-43(36)56(2)54-44(37)55-62(3,59)60)26-41-45(52-42)53-46(61-41)40-27-57(28-50-40)47(31-14-7-4-8-15-31,32-16-9-5-10-17-32)33-18-11-6-12-19-33/h4-23,25-28,39H,24H2,1-3H3,(H,51,58)(H,54,55)/t39-/m0/s1. The monoisotopic (exact) mass is 864 g/mol. The Balaban J connectivity index is 1.24. The average Bonchev–Trinajstić information content (AvgIpc) is 3.98. The summed E-state index contributed by atoms with van der Waals surface area (Å²) in [6.07, 6.45) is 4.84. The lowest BCUT2D eigenvalue weighted by molar-refractivity contribution is -0.119.